The van der Waals surface area contributed by atoms with Crippen LogP contribution >= 0.6 is 0 Å². The van der Waals surface area contributed by atoms with Crippen molar-refractivity contribution >= 4 is 11.8 Å². The van der Waals surface area contributed by atoms with Gasteiger partial charge in [-0.15, -0.1) is 0 Å². The minimum Gasteiger partial charge on any atom is -0.295 e. The van der Waals surface area contributed by atoms with Gasteiger partial charge in [-0.3, -0.25) is 9.68 Å². The maximum Gasteiger partial charge on any atom is 0.376 e. The molecule has 0 aliphatic heterocycles. The molecule has 0 bridgehead atoms. The van der Waals surface area contributed by atoms with Gasteiger partial charge in [-0.05, 0) is 12.5 Å². The maximum atomic E-state index is 10.8. The van der Waals surface area contributed by atoms with Crippen molar-refractivity contribution in [2.45, 2.75) is 6.92 Å². The Labute approximate surface area is 63.7 Å². The van der Waals surface area contributed by atoms with Crippen LogP contribution in [0.1, 0.15) is 6.92 Å². The first-order valence-electron chi connectivity index (χ1n) is 2.75. The average molecular weight is 156 g/mol. The van der Waals surface area contributed by atoms with Crippen LogP contribution in [0, 0.1) is 0 Å². The molecular formula is C7H8O4. The topological polar surface area (TPSA) is 63.6 Å². The van der Waals surface area contributed by atoms with Crippen molar-refractivity contribution in [3.8, 4) is 0 Å². The lowest BCUT2D eigenvalue weighted by molar-refractivity contribution is -0.229. The number of Topliss-reactive ketones (excluding diaryl/α,β-unsaturated/α-hetero) is 1. The van der Waals surface area contributed by atoms with Crippen molar-refractivity contribution in [3.63, 3.8) is 0 Å². The number of ketones is 1. The van der Waals surface area contributed by atoms with Gasteiger partial charge in [0.05, 0.1) is 0 Å². The fourth-order valence-corrected chi connectivity index (χ4v) is 0.405. The lowest BCUT2D eigenvalue weighted by Crippen LogP contribution is -2.13. The maximum absolute atomic E-state index is 10.8. The standard InChI is InChI=1S/C7H8O4/c1-4(2)6(8)5(3)7(9)11-10/h10H,1,3H2,2H3. The lowest BCUT2D eigenvalue weighted by Gasteiger charge is -1.98. The highest BCUT2D eigenvalue weighted by atomic mass is 17.1. The zero-order valence-corrected chi connectivity index (χ0v) is 6.09. The Morgan fingerprint density at radius 3 is 2.09 bits per heavy atom. The van der Waals surface area contributed by atoms with Crippen LogP contribution in [-0.4, -0.2) is 17.0 Å². The van der Waals surface area contributed by atoms with Gasteiger partial charge in [-0.25, -0.2) is 4.79 Å². The van der Waals surface area contributed by atoms with Gasteiger partial charge in [-0.2, -0.15) is 5.26 Å². The Morgan fingerprint density at radius 2 is 1.82 bits per heavy atom. The predicted octanol–water partition coefficient (Wildman–Crippen LogP) is 0.704. The van der Waals surface area contributed by atoms with Crippen molar-refractivity contribution < 1.29 is 19.7 Å². The molecule has 0 rings (SSSR count). The van der Waals surface area contributed by atoms with E-state index >= 15 is 0 Å². The summed E-state index contributed by atoms with van der Waals surface area (Å²) in [6.07, 6.45) is 0. The Bertz CT molecular complexity index is 227. The molecular weight excluding hydrogens is 148 g/mol. The normalized spacial score (nSPS) is 8.55. The third kappa shape index (κ3) is 2.35. The van der Waals surface area contributed by atoms with E-state index in [4.69, 9.17) is 5.26 Å². The Morgan fingerprint density at radius 1 is 1.36 bits per heavy atom. The van der Waals surface area contributed by atoms with E-state index in [2.05, 4.69) is 18.0 Å². The molecule has 0 aromatic carbocycles. The predicted molar refractivity (Wildman–Crippen MR) is 37.7 cm³/mol. The summed E-state index contributed by atoms with van der Waals surface area (Å²) in [5, 5.41) is 7.84. The van der Waals surface area contributed by atoms with Crippen LogP contribution in [0.2, 0.25) is 0 Å². The van der Waals surface area contributed by atoms with E-state index in [1.165, 1.54) is 6.92 Å². The van der Waals surface area contributed by atoms with Crippen LogP contribution in [-0.2, 0) is 14.5 Å². The fraction of sp³-hybridized carbons (Fsp3) is 0.143. The molecule has 0 amide bonds. The van der Waals surface area contributed by atoms with Gasteiger partial charge in [0.1, 0.15) is 5.57 Å². The van der Waals surface area contributed by atoms with E-state index in [1.54, 1.807) is 0 Å². The molecule has 0 aliphatic carbocycles. The summed E-state index contributed by atoms with van der Waals surface area (Å²) in [4.78, 5) is 24.5. The smallest absolute Gasteiger partial charge is 0.295 e. The minimum atomic E-state index is -1.15. The van der Waals surface area contributed by atoms with E-state index in [9.17, 15) is 9.59 Å². The third-order valence-corrected chi connectivity index (χ3v) is 0.991. The van der Waals surface area contributed by atoms with Crippen molar-refractivity contribution in [2.24, 2.45) is 0 Å². The number of carbonyl (C=O) groups is 2. The number of hydrogen-bond acceptors (Lipinski definition) is 4. The molecule has 0 aromatic rings. The van der Waals surface area contributed by atoms with Gasteiger partial charge in [0.15, 0.2) is 5.78 Å². The van der Waals surface area contributed by atoms with Gasteiger partial charge in [0.2, 0.25) is 0 Å². The van der Waals surface area contributed by atoms with Crippen molar-refractivity contribution in [1.29, 1.82) is 0 Å². The SMILES string of the molecule is C=C(C)C(=O)C(=C)C(=O)OO. The molecule has 0 spiro atoms. The zero-order valence-electron chi connectivity index (χ0n) is 6.09. The molecule has 0 saturated heterocycles. The third-order valence-electron chi connectivity index (χ3n) is 0.991. The van der Waals surface area contributed by atoms with E-state index < -0.39 is 17.3 Å². The first-order chi connectivity index (χ1) is 5.00. The van der Waals surface area contributed by atoms with Crippen molar-refractivity contribution in [3.05, 3.63) is 24.3 Å². The molecule has 0 atom stereocenters. The molecule has 11 heavy (non-hydrogen) atoms. The second-order valence-electron chi connectivity index (χ2n) is 1.97. The van der Waals surface area contributed by atoms with Crippen LogP contribution in [0.4, 0.5) is 0 Å². The highest BCUT2D eigenvalue weighted by Gasteiger charge is 2.17. The minimum absolute atomic E-state index is 0.167. The molecule has 0 heterocycles. The summed E-state index contributed by atoms with van der Waals surface area (Å²) < 4.78 is 0. The van der Waals surface area contributed by atoms with Crippen LogP contribution in [0.5, 0.6) is 0 Å². The fourth-order valence-electron chi connectivity index (χ4n) is 0.405. The number of allylic oxidation sites excluding steroid dienone is 1. The van der Waals surface area contributed by atoms with Gasteiger partial charge in [0.25, 0.3) is 0 Å². The summed E-state index contributed by atoms with van der Waals surface area (Å²) in [7, 11) is 0. The van der Waals surface area contributed by atoms with Crippen LogP contribution in [0.3, 0.4) is 0 Å². The summed E-state index contributed by atoms with van der Waals surface area (Å²) in [5.41, 5.74) is -0.264. The summed E-state index contributed by atoms with van der Waals surface area (Å²) in [6.45, 7) is 7.82. The molecule has 4 nitrogen and oxygen atoms in total. The second-order valence-corrected chi connectivity index (χ2v) is 1.97. The quantitative estimate of drug-likeness (QED) is 0.215. The summed E-state index contributed by atoms with van der Waals surface area (Å²) in [5.74, 6) is -1.78. The van der Waals surface area contributed by atoms with Crippen molar-refractivity contribution in [2.75, 3.05) is 0 Å². The highest BCUT2D eigenvalue weighted by molar-refractivity contribution is 6.22. The molecule has 1 N–H and O–H groups in total. The van der Waals surface area contributed by atoms with Gasteiger partial charge in [0, 0.05) is 0 Å². The molecule has 0 saturated carbocycles. The van der Waals surface area contributed by atoms with E-state index in [1.807, 2.05) is 0 Å². The zero-order chi connectivity index (χ0) is 9.02. The first kappa shape index (κ1) is 9.58. The van der Waals surface area contributed by atoms with Gasteiger partial charge >= 0.3 is 5.97 Å². The van der Waals surface area contributed by atoms with Crippen LogP contribution in [0.25, 0.3) is 0 Å². The lowest BCUT2D eigenvalue weighted by atomic mass is 10.1. The van der Waals surface area contributed by atoms with Gasteiger partial charge < -0.3 is 0 Å². The Balaban J connectivity index is 4.39. The van der Waals surface area contributed by atoms with E-state index in [0.29, 0.717) is 0 Å². The molecule has 0 radical (unpaired) electrons. The van der Waals surface area contributed by atoms with E-state index in [0.717, 1.165) is 0 Å². The average Bonchev–Trinajstić information content (AvgIpc) is 2.00. The molecule has 0 fully saturated rings. The Hall–Kier alpha value is -1.42. The highest BCUT2D eigenvalue weighted by Crippen LogP contribution is 2.02. The first-order valence-corrected chi connectivity index (χ1v) is 2.75. The second kappa shape index (κ2) is 3.68. The largest absolute Gasteiger partial charge is 0.376 e. The number of hydrogen-bond donors (Lipinski definition) is 1. The number of carbonyl (C=O) groups excluding carboxylic acids is 2. The monoisotopic (exact) mass is 156 g/mol. The van der Waals surface area contributed by atoms with Crippen LogP contribution < -0.4 is 0 Å². The summed E-state index contributed by atoms with van der Waals surface area (Å²) in [6, 6.07) is 0. The Kier molecular flexibility index (Phi) is 3.20. The molecule has 4 heteroatoms. The van der Waals surface area contributed by atoms with Crippen LogP contribution in [0.15, 0.2) is 24.3 Å². The number of rotatable bonds is 3. The van der Waals surface area contributed by atoms with Gasteiger partial charge in [-0.1, -0.05) is 13.2 Å². The van der Waals surface area contributed by atoms with E-state index in [-0.39, 0.29) is 5.57 Å². The molecule has 0 aliphatic rings. The summed E-state index contributed by atoms with van der Waals surface area (Å²) >= 11 is 0. The molecule has 0 unspecified atom stereocenters. The molecule has 60 valence electrons. The van der Waals surface area contributed by atoms with Crippen molar-refractivity contribution in [1.82, 2.24) is 0 Å². The molecule has 0 aromatic heterocycles.